The highest BCUT2D eigenvalue weighted by atomic mass is 32.2. The summed E-state index contributed by atoms with van der Waals surface area (Å²) in [4.78, 5) is 3.69. The third-order valence-corrected chi connectivity index (χ3v) is 3.09. The predicted octanol–water partition coefficient (Wildman–Crippen LogP) is 0.453. The van der Waals surface area contributed by atoms with Crippen molar-refractivity contribution >= 4 is 21.7 Å². The van der Waals surface area contributed by atoms with Gasteiger partial charge in [0.2, 0.25) is 0 Å². The van der Waals surface area contributed by atoms with Crippen LogP contribution in [0.3, 0.4) is 0 Å². The summed E-state index contributed by atoms with van der Waals surface area (Å²) >= 11 is 0. The Morgan fingerprint density at radius 1 is 1.31 bits per heavy atom. The molecule has 2 heterocycles. The van der Waals surface area contributed by atoms with Gasteiger partial charge in [0.1, 0.15) is 17.0 Å². The van der Waals surface area contributed by atoms with Gasteiger partial charge in [-0.3, -0.25) is 4.72 Å². The SMILES string of the molecule is Nc1ccc(S(=O)(=O)Nc2ccon2)cn1. The lowest BCUT2D eigenvalue weighted by Gasteiger charge is -2.03. The fourth-order valence-corrected chi connectivity index (χ4v) is 1.95. The summed E-state index contributed by atoms with van der Waals surface area (Å²) in [6.45, 7) is 0. The average Bonchev–Trinajstić information content (AvgIpc) is 2.70. The van der Waals surface area contributed by atoms with Crippen LogP contribution in [0.2, 0.25) is 0 Å². The third kappa shape index (κ3) is 2.11. The fourth-order valence-electron chi connectivity index (χ4n) is 1.01. The number of sulfonamides is 1. The molecule has 8 heteroatoms. The van der Waals surface area contributed by atoms with E-state index in [4.69, 9.17) is 5.73 Å². The van der Waals surface area contributed by atoms with Crippen LogP contribution in [0.1, 0.15) is 0 Å². The Bertz CT molecular complexity index is 562. The normalized spacial score (nSPS) is 11.2. The quantitative estimate of drug-likeness (QED) is 0.805. The molecule has 0 aliphatic carbocycles. The molecule has 0 amide bonds. The number of hydrogen-bond donors (Lipinski definition) is 2. The first-order valence-corrected chi connectivity index (χ1v) is 5.71. The van der Waals surface area contributed by atoms with E-state index in [9.17, 15) is 8.42 Å². The smallest absolute Gasteiger partial charge is 0.264 e. The van der Waals surface area contributed by atoms with Crippen LogP contribution in [0, 0.1) is 0 Å². The molecular formula is C8H8N4O3S. The van der Waals surface area contributed by atoms with Crippen LogP contribution in [0.5, 0.6) is 0 Å². The van der Waals surface area contributed by atoms with Crippen LogP contribution < -0.4 is 10.5 Å². The molecule has 7 nitrogen and oxygen atoms in total. The van der Waals surface area contributed by atoms with Crippen molar-refractivity contribution in [2.24, 2.45) is 0 Å². The van der Waals surface area contributed by atoms with Gasteiger partial charge in [0.05, 0.1) is 0 Å². The standard InChI is InChI=1S/C8H8N4O3S/c9-7-2-1-6(5-10-7)16(13,14)12-8-3-4-15-11-8/h1-5H,(H2,9,10)(H,11,12). The number of nitrogen functional groups attached to an aromatic ring is 1. The van der Waals surface area contributed by atoms with Crippen molar-refractivity contribution in [3.63, 3.8) is 0 Å². The molecule has 3 N–H and O–H groups in total. The first-order valence-electron chi connectivity index (χ1n) is 4.23. The minimum absolute atomic E-state index is 0.00435. The van der Waals surface area contributed by atoms with Crippen LogP contribution >= 0.6 is 0 Å². The van der Waals surface area contributed by atoms with Gasteiger partial charge in [-0.05, 0) is 12.1 Å². The number of rotatable bonds is 3. The predicted molar refractivity (Wildman–Crippen MR) is 56.0 cm³/mol. The zero-order valence-electron chi connectivity index (χ0n) is 7.99. The lowest BCUT2D eigenvalue weighted by atomic mass is 10.5. The van der Waals surface area contributed by atoms with Crippen LogP contribution in [0.25, 0.3) is 0 Å². The minimum Gasteiger partial charge on any atom is -0.384 e. The Kier molecular flexibility index (Phi) is 2.49. The number of anilines is 2. The molecule has 0 saturated heterocycles. The van der Waals surface area contributed by atoms with Gasteiger partial charge >= 0.3 is 0 Å². The van der Waals surface area contributed by atoms with E-state index in [1.54, 1.807) is 0 Å². The first-order chi connectivity index (χ1) is 7.58. The van der Waals surface area contributed by atoms with E-state index in [0.717, 1.165) is 6.20 Å². The van der Waals surface area contributed by atoms with Crippen molar-refractivity contribution in [3.05, 3.63) is 30.7 Å². The summed E-state index contributed by atoms with van der Waals surface area (Å²) in [6, 6.07) is 4.14. The van der Waals surface area contributed by atoms with Gasteiger partial charge in [-0.25, -0.2) is 13.4 Å². The number of nitrogens with one attached hydrogen (secondary N) is 1. The zero-order valence-corrected chi connectivity index (χ0v) is 8.81. The molecule has 16 heavy (non-hydrogen) atoms. The number of aromatic nitrogens is 2. The van der Waals surface area contributed by atoms with Gasteiger partial charge in [0.15, 0.2) is 5.82 Å². The highest BCUT2D eigenvalue weighted by Crippen LogP contribution is 2.13. The summed E-state index contributed by atoms with van der Waals surface area (Å²) in [5, 5.41) is 3.43. The number of hydrogen-bond acceptors (Lipinski definition) is 6. The molecule has 0 atom stereocenters. The van der Waals surface area contributed by atoms with E-state index in [2.05, 4.69) is 19.4 Å². The molecule has 0 spiro atoms. The van der Waals surface area contributed by atoms with Crippen LogP contribution in [-0.2, 0) is 10.0 Å². The van der Waals surface area contributed by atoms with Gasteiger partial charge in [-0.2, -0.15) is 0 Å². The van der Waals surface area contributed by atoms with Crippen molar-refractivity contribution in [2.45, 2.75) is 4.90 Å². The first kappa shape index (κ1) is 10.4. The van der Waals surface area contributed by atoms with E-state index in [0.29, 0.717) is 0 Å². The molecule has 2 aromatic heterocycles. The van der Waals surface area contributed by atoms with Gasteiger partial charge in [-0.1, -0.05) is 5.16 Å². The Hall–Kier alpha value is -2.09. The molecule has 0 saturated carbocycles. The maximum atomic E-state index is 11.7. The highest BCUT2D eigenvalue weighted by Gasteiger charge is 2.15. The largest absolute Gasteiger partial charge is 0.384 e. The van der Waals surface area contributed by atoms with E-state index < -0.39 is 10.0 Å². The molecule has 0 aromatic carbocycles. The second-order valence-electron chi connectivity index (χ2n) is 2.91. The van der Waals surface area contributed by atoms with Crippen molar-refractivity contribution in [2.75, 3.05) is 10.5 Å². The van der Waals surface area contributed by atoms with Gasteiger partial charge in [-0.15, -0.1) is 0 Å². The number of nitrogens with zero attached hydrogens (tertiary/aromatic N) is 2. The summed E-state index contributed by atoms with van der Waals surface area (Å²) in [7, 11) is -3.69. The summed E-state index contributed by atoms with van der Waals surface area (Å²) < 4.78 is 30.2. The van der Waals surface area contributed by atoms with Crippen LogP contribution in [-0.4, -0.2) is 18.6 Å². The van der Waals surface area contributed by atoms with Gasteiger partial charge in [0.25, 0.3) is 10.0 Å². The highest BCUT2D eigenvalue weighted by molar-refractivity contribution is 7.92. The molecular weight excluding hydrogens is 232 g/mol. The van der Waals surface area contributed by atoms with E-state index in [-0.39, 0.29) is 16.5 Å². The number of pyridine rings is 1. The maximum Gasteiger partial charge on any atom is 0.264 e. The Balaban J connectivity index is 2.29. The van der Waals surface area contributed by atoms with Crippen molar-refractivity contribution < 1.29 is 12.9 Å². The molecule has 0 fully saturated rings. The fraction of sp³-hybridized carbons (Fsp3) is 0. The molecule has 2 aromatic rings. The third-order valence-electron chi connectivity index (χ3n) is 1.75. The molecule has 0 radical (unpaired) electrons. The average molecular weight is 240 g/mol. The Morgan fingerprint density at radius 3 is 2.69 bits per heavy atom. The molecule has 0 unspecified atom stereocenters. The van der Waals surface area contributed by atoms with E-state index >= 15 is 0 Å². The van der Waals surface area contributed by atoms with Gasteiger partial charge < -0.3 is 10.3 Å². The van der Waals surface area contributed by atoms with Crippen molar-refractivity contribution in [3.8, 4) is 0 Å². The lowest BCUT2D eigenvalue weighted by Crippen LogP contribution is -2.13. The second kappa shape index (κ2) is 3.81. The van der Waals surface area contributed by atoms with Crippen LogP contribution in [0.4, 0.5) is 11.6 Å². The second-order valence-corrected chi connectivity index (χ2v) is 4.59. The molecule has 0 bridgehead atoms. The zero-order chi connectivity index (χ0) is 11.6. The van der Waals surface area contributed by atoms with Crippen molar-refractivity contribution in [1.82, 2.24) is 10.1 Å². The lowest BCUT2D eigenvalue weighted by molar-refractivity contribution is 0.423. The Labute approximate surface area is 91.3 Å². The van der Waals surface area contributed by atoms with Crippen molar-refractivity contribution in [1.29, 1.82) is 0 Å². The number of nitrogens with two attached hydrogens (primary N) is 1. The van der Waals surface area contributed by atoms with E-state index in [1.165, 1.54) is 24.5 Å². The topological polar surface area (TPSA) is 111 Å². The minimum atomic E-state index is -3.69. The van der Waals surface area contributed by atoms with Gasteiger partial charge in [0, 0.05) is 12.3 Å². The van der Waals surface area contributed by atoms with Crippen LogP contribution in [0.15, 0.2) is 40.1 Å². The summed E-state index contributed by atoms with van der Waals surface area (Å²) in [6.07, 6.45) is 2.43. The monoisotopic (exact) mass is 240 g/mol. The molecule has 2 rings (SSSR count). The molecule has 84 valence electrons. The summed E-state index contributed by atoms with van der Waals surface area (Å²) in [5.41, 5.74) is 5.35. The maximum absolute atomic E-state index is 11.7. The summed E-state index contributed by atoms with van der Waals surface area (Å²) in [5.74, 6) is 0.359. The van der Waals surface area contributed by atoms with E-state index in [1.807, 2.05) is 0 Å². The molecule has 0 aliphatic heterocycles. The molecule has 0 aliphatic rings. The Morgan fingerprint density at radius 2 is 2.12 bits per heavy atom.